The van der Waals surface area contributed by atoms with Crippen LogP contribution in [0.3, 0.4) is 0 Å². The minimum absolute atomic E-state index is 0.0491. The number of benzene rings is 3. The number of fused-ring (bicyclic) bond motifs is 3. The molecule has 0 aliphatic carbocycles. The van der Waals surface area contributed by atoms with Crippen molar-refractivity contribution in [3.63, 3.8) is 0 Å². The van der Waals surface area contributed by atoms with Gasteiger partial charge in [-0.25, -0.2) is 4.79 Å². The summed E-state index contributed by atoms with van der Waals surface area (Å²) in [6, 6.07) is 25.0. The van der Waals surface area contributed by atoms with E-state index < -0.39 is 5.97 Å². The largest absolute Gasteiger partial charge is 0.497 e. The van der Waals surface area contributed by atoms with E-state index in [1.165, 1.54) is 16.5 Å². The van der Waals surface area contributed by atoms with Gasteiger partial charge in [-0.2, -0.15) is 0 Å². The highest BCUT2D eigenvalue weighted by molar-refractivity contribution is 7.16. The van der Waals surface area contributed by atoms with Crippen molar-refractivity contribution < 1.29 is 19.1 Å². The fraction of sp³-hybridized carbons (Fsp3) is 0.188. The fourth-order valence-corrected chi connectivity index (χ4v) is 6.39. The summed E-state index contributed by atoms with van der Waals surface area (Å²) in [6.45, 7) is 2.67. The van der Waals surface area contributed by atoms with Gasteiger partial charge in [-0.15, -0.1) is 11.3 Å². The molecule has 0 fully saturated rings. The molecular formula is C32H29N3O4S. The number of methoxy groups -OCH3 is 1. The van der Waals surface area contributed by atoms with E-state index in [-0.39, 0.29) is 12.1 Å². The maximum atomic E-state index is 13.2. The monoisotopic (exact) mass is 551 g/mol. The van der Waals surface area contributed by atoms with E-state index in [2.05, 4.69) is 39.8 Å². The van der Waals surface area contributed by atoms with Crippen LogP contribution in [0.1, 0.15) is 43.7 Å². The lowest BCUT2D eigenvalue weighted by Gasteiger charge is -2.28. The van der Waals surface area contributed by atoms with Gasteiger partial charge in [0.2, 0.25) is 0 Å². The maximum Gasteiger partial charge on any atom is 0.336 e. The van der Waals surface area contributed by atoms with E-state index in [1.807, 2.05) is 42.5 Å². The number of ether oxygens (including phenoxy) is 2. The lowest BCUT2D eigenvalue weighted by molar-refractivity contribution is -0.128. The molecule has 2 aliphatic heterocycles. The van der Waals surface area contributed by atoms with Crippen LogP contribution in [0.2, 0.25) is 0 Å². The highest BCUT2D eigenvalue weighted by atomic mass is 32.1. The summed E-state index contributed by atoms with van der Waals surface area (Å²) >= 11 is 1.67. The van der Waals surface area contributed by atoms with Gasteiger partial charge in [-0.1, -0.05) is 54.6 Å². The smallest absolute Gasteiger partial charge is 0.336 e. The van der Waals surface area contributed by atoms with Crippen LogP contribution in [0.15, 0.2) is 84.9 Å². The molecule has 7 nitrogen and oxygen atoms in total. The second-order valence-electron chi connectivity index (χ2n) is 9.80. The molecule has 4 aromatic rings. The van der Waals surface area contributed by atoms with Crippen LogP contribution < -0.4 is 20.1 Å². The van der Waals surface area contributed by atoms with Crippen molar-refractivity contribution in [1.29, 1.82) is 0 Å². The maximum absolute atomic E-state index is 13.2. The number of amides is 1. The molecule has 2 N–H and O–H groups in total. The van der Waals surface area contributed by atoms with Gasteiger partial charge in [-0.3, -0.25) is 9.69 Å². The molecule has 2 aliphatic rings. The second-order valence-corrected chi connectivity index (χ2v) is 10.9. The molecule has 3 aromatic carbocycles. The summed E-state index contributed by atoms with van der Waals surface area (Å²) < 4.78 is 10.6. The first-order chi connectivity index (χ1) is 19.6. The Bertz CT molecular complexity index is 1550. The van der Waals surface area contributed by atoms with Crippen molar-refractivity contribution in [2.45, 2.75) is 25.7 Å². The van der Waals surface area contributed by atoms with Crippen molar-refractivity contribution in [3.8, 4) is 11.5 Å². The third-order valence-corrected chi connectivity index (χ3v) is 8.27. The van der Waals surface area contributed by atoms with Gasteiger partial charge in [0.1, 0.15) is 22.7 Å². The van der Waals surface area contributed by atoms with Crippen molar-refractivity contribution >= 4 is 34.3 Å². The molecule has 8 heteroatoms. The number of esters is 1. The lowest BCUT2D eigenvalue weighted by atomic mass is 10.00. The van der Waals surface area contributed by atoms with Crippen molar-refractivity contribution in [2.75, 3.05) is 19.0 Å². The first kappa shape index (κ1) is 25.9. The Hall–Kier alpha value is -4.40. The number of hydrogen-bond acceptors (Lipinski definition) is 7. The van der Waals surface area contributed by atoms with Gasteiger partial charge in [-0.05, 0) is 59.0 Å². The summed E-state index contributed by atoms with van der Waals surface area (Å²) in [5, 5.41) is 7.53. The van der Waals surface area contributed by atoms with Gasteiger partial charge in [0, 0.05) is 30.6 Å². The quantitative estimate of drug-likeness (QED) is 0.172. The van der Waals surface area contributed by atoms with E-state index in [0.717, 1.165) is 59.1 Å². The Morgan fingerprint density at radius 3 is 2.50 bits per heavy atom. The number of nitrogens with zero attached hydrogens (tertiary/aromatic N) is 1. The first-order valence-corrected chi connectivity index (χ1v) is 14.0. The standard InChI is InChI=1S/C32H29N3O4S/c1-38-24-12-7-21(8-13-24)9-16-28(36)39-25-14-10-23(11-15-25)30-33-31(37)29-26-17-18-35(19-22-5-3-2-4-6-22)20-27(26)40-32(29)34-30/h2-16,30,34H,17-20H2,1H3,(H,33,37)/b16-9+. The van der Waals surface area contributed by atoms with E-state index >= 15 is 0 Å². The molecule has 1 atom stereocenters. The van der Waals surface area contributed by atoms with E-state index in [4.69, 9.17) is 9.47 Å². The molecule has 1 unspecified atom stereocenters. The van der Waals surface area contributed by atoms with Gasteiger partial charge >= 0.3 is 5.97 Å². The first-order valence-electron chi connectivity index (χ1n) is 13.2. The summed E-state index contributed by atoms with van der Waals surface area (Å²) in [5.41, 5.74) is 4.99. The SMILES string of the molecule is COc1ccc(/C=C/C(=O)Oc2ccc(C3NC(=O)c4c(sc5c4CCN(Cc4ccccc4)C5)N3)cc2)cc1. The zero-order valence-electron chi connectivity index (χ0n) is 22.1. The summed E-state index contributed by atoms with van der Waals surface area (Å²) in [6.07, 6.45) is 3.58. The van der Waals surface area contributed by atoms with Crippen LogP contribution in [-0.2, 0) is 24.3 Å². The second kappa shape index (κ2) is 11.4. The van der Waals surface area contributed by atoms with Crippen molar-refractivity contribution in [2.24, 2.45) is 0 Å². The highest BCUT2D eigenvalue weighted by Crippen LogP contribution is 2.41. The van der Waals surface area contributed by atoms with Crippen molar-refractivity contribution in [3.05, 3.63) is 118 Å². The minimum atomic E-state index is -0.470. The number of carbonyl (C=O) groups excluding carboxylic acids is 2. The van der Waals surface area contributed by atoms with E-state index in [9.17, 15) is 9.59 Å². The fourth-order valence-electron chi connectivity index (χ4n) is 5.07. The summed E-state index contributed by atoms with van der Waals surface area (Å²) in [5.74, 6) is 0.666. The Labute approximate surface area is 237 Å². The minimum Gasteiger partial charge on any atom is -0.497 e. The summed E-state index contributed by atoms with van der Waals surface area (Å²) in [4.78, 5) is 29.1. The summed E-state index contributed by atoms with van der Waals surface area (Å²) in [7, 11) is 1.61. The number of carbonyl (C=O) groups is 2. The molecule has 0 bridgehead atoms. The topological polar surface area (TPSA) is 79.9 Å². The zero-order chi connectivity index (χ0) is 27.5. The molecule has 0 saturated heterocycles. The average Bonchev–Trinajstić information content (AvgIpc) is 3.35. The zero-order valence-corrected chi connectivity index (χ0v) is 22.9. The number of rotatable bonds is 7. The number of thiophene rings is 1. The van der Waals surface area contributed by atoms with Crippen LogP contribution in [-0.4, -0.2) is 30.4 Å². The van der Waals surface area contributed by atoms with Gasteiger partial charge in [0.05, 0.1) is 12.7 Å². The molecule has 202 valence electrons. The molecular weight excluding hydrogens is 522 g/mol. The van der Waals surface area contributed by atoms with Crippen molar-refractivity contribution in [1.82, 2.24) is 10.2 Å². The normalized spacial score (nSPS) is 16.5. The molecule has 1 aromatic heterocycles. The Balaban J connectivity index is 1.09. The molecule has 0 saturated carbocycles. The number of hydrogen-bond donors (Lipinski definition) is 2. The third-order valence-electron chi connectivity index (χ3n) is 7.12. The predicted octanol–water partition coefficient (Wildman–Crippen LogP) is 5.79. The van der Waals surface area contributed by atoms with Crippen LogP contribution in [0.5, 0.6) is 11.5 Å². The van der Waals surface area contributed by atoms with E-state index in [0.29, 0.717) is 5.75 Å². The number of anilines is 1. The van der Waals surface area contributed by atoms with Crippen LogP contribution in [0.4, 0.5) is 5.00 Å². The van der Waals surface area contributed by atoms with Gasteiger partial charge in [0.25, 0.3) is 5.91 Å². The van der Waals surface area contributed by atoms with Crippen LogP contribution in [0.25, 0.3) is 6.08 Å². The van der Waals surface area contributed by atoms with Crippen LogP contribution in [0, 0.1) is 0 Å². The average molecular weight is 552 g/mol. The Kier molecular flexibility index (Phi) is 7.35. The molecule has 1 amide bonds. The van der Waals surface area contributed by atoms with E-state index in [1.54, 1.807) is 36.7 Å². The highest BCUT2D eigenvalue weighted by Gasteiger charge is 2.33. The Morgan fingerprint density at radius 1 is 1.00 bits per heavy atom. The third kappa shape index (κ3) is 5.64. The molecule has 6 rings (SSSR count). The van der Waals surface area contributed by atoms with Gasteiger partial charge in [0.15, 0.2) is 0 Å². The molecule has 0 radical (unpaired) electrons. The lowest BCUT2D eigenvalue weighted by Crippen LogP contribution is -2.38. The predicted molar refractivity (Wildman–Crippen MR) is 157 cm³/mol. The Morgan fingerprint density at radius 2 is 1.75 bits per heavy atom. The number of nitrogens with one attached hydrogen (secondary N) is 2. The van der Waals surface area contributed by atoms with Crippen LogP contribution >= 0.6 is 11.3 Å². The molecule has 3 heterocycles. The molecule has 40 heavy (non-hydrogen) atoms. The van der Waals surface area contributed by atoms with Gasteiger partial charge < -0.3 is 20.1 Å². The molecule has 0 spiro atoms.